The number of piperidine rings is 1. The molecule has 0 aromatic heterocycles. The highest BCUT2D eigenvalue weighted by Gasteiger charge is 2.39. The van der Waals surface area contributed by atoms with Gasteiger partial charge in [-0.2, -0.15) is 0 Å². The number of nitrogens with zero attached hydrogens (tertiary/aromatic N) is 2. The van der Waals surface area contributed by atoms with Crippen molar-refractivity contribution in [3.8, 4) is 0 Å². The molecule has 0 spiro atoms. The Hall–Kier alpha value is -0.620. The predicted molar refractivity (Wildman–Crippen MR) is 83.8 cm³/mol. The third kappa shape index (κ3) is 4.19. The maximum absolute atomic E-state index is 12.7. The van der Waals surface area contributed by atoms with Crippen molar-refractivity contribution in [2.24, 2.45) is 11.8 Å². The van der Waals surface area contributed by atoms with E-state index in [0.29, 0.717) is 12.3 Å². The van der Waals surface area contributed by atoms with Crippen LogP contribution in [0.4, 0.5) is 0 Å². The van der Waals surface area contributed by atoms with E-state index < -0.39 is 9.84 Å². The number of amides is 1. The summed E-state index contributed by atoms with van der Waals surface area (Å²) in [5, 5.41) is 0. The van der Waals surface area contributed by atoms with Gasteiger partial charge < -0.3 is 9.80 Å². The quantitative estimate of drug-likeness (QED) is 0.776. The SMILES string of the molecule is CC(CN(C)C)C1CCCCN1C(=O)C1CCS(=O)(=O)C1. The van der Waals surface area contributed by atoms with Crippen LogP contribution in [0.1, 0.15) is 32.6 Å². The van der Waals surface area contributed by atoms with Gasteiger partial charge in [0.25, 0.3) is 0 Å². The molecule has 2 heterocycles. The van der Waals surface area contributed by atoms with E-state index >= 15 is 0 Å². The highest BCUT2D eigenvalue weighted by Crippen LogP contribution is 2.28. The van der Waals surface area contributed by atoms with Crippen molar-refractivity contribution in [2.75, 3.05) is 38.7 Å². The fraction of sp³-hybridized carbons (Fsp3) is 0.933. The molecule has 0 aromatic rings. The molecular weight excluding hydrogens is 288 g/mol. The van der Waals surface area contributed by atoms with Gasteiger partial charge in [0.15, 0.2) is 9.84 Å². The second-order valence-corrected chi connectivity index (χ2v) is 9.16. The van der Waals surface area contributed by atoms with E-state index in [1.54, 1.807) is 0 Å². The average Bonchev–Trinajstić information content (AvgIpc) is 2.77. The minimum Gasteiger partial charge on any atom is -0.339 e. The summed E-state index contributed by atoms with van der Waals surface area (Å²) in [7, 11) is 1.11. The largest absolute Gasteiger partial charge is 0.339 e. The molecule has 6 heteroatoms. The summed E-state index contributed by atoms with van der Waals surface area (Å²) in [6, 6.07) is 0.261. The van der Waals surface area contributed by atoms with Crippen molar-refractivity contribution in [3.63, 3.8) is 0 Å². The molecule has 0 bridgehead atoms. The van der Waals surface area contributed by atoms with Gasteiger partial charge >= 0.3 is 0 Å². The minimum absolute atomic E-state index is 0.0527. The average molecular weight is 316 g/mol. The summed E-state index contributed by atoms with van der Waals surface area (Å²) in [6.45, 7) is 3.94. The van der Waals surface area contributed by atoms with Gasteiger partial charge in [0.1, 0.15) is 0 Å². The van der Waals surface area contributed by atoms with E-state index in [0.717, 1.165) is 32.4 Å². The molecular formula is C15H28N2O3S. The molecule has 5 nitrogen and oxygen atoms in total. The maximum Gasteiger partial charge on any atom is 0.226 e. The first-order valence-electron chi connectivity index (χ1n) is 7.96. The van der Waals surface area contributed by atoms with E-state index in [1.165, 1.54) is 0 Å². The molecule has 2 aliphatic rings. The summed E-state index contributed by atoms with van der Waals surface area (Å²) < 4.78 is 23.2. The zero-order chi connectivity index (χ0) is 15.6. The van der Waals surface area contributed by atoms with Crippen molar-refractivity contribution in [2.45, 2.75) is 38.6 Å². The maximum atomic E-state index is 12.7. The fourth-order valence-electron chi connectivity index (χ4n) is 3.74. The van der Waals surface area contributed by atoms with E-state index in [-0.39, 0.29) is 29.4 Å². The molecule has 1 amide bonds. The van der Waals surface area contributed by atoms with Crippen molar-refractivity contribution < 1.29 is 13.2 Å². The lowest BCUT2D eigenvalue weighted by Crippen LogP contribution is -2.51. The van der Waals surface area contributed by atoms with E-state index in [9.17, 15) is 13.2 Å². The Kier molecular flexibility index (Phi) is 5.30. The monoisotopic (exact) mass is 316 g/mol. The topological polar surface area (TPSA) is 57.7 Å². The summed E-state index contributed by atoms with van der Waals surface area (Å²) in [6.07, 6.45) is 3.75. The zero-order valence-electron chi connectivity index (χ0n) is 13.4. The number of sulfone groups is 1. The Morgan fingerprint density at radius 2 is 2.00 bits per heavy atom. The minimum atomic E-state index is -2.99. The summed E-state index contributed by atoms with van der Waals surface area (Å²) in [5.74, 6) is 0.419. The van der Waals surface area contributed by atoms with E-state index in [4.69, 9.17) is 0 Å². The van der Waals surface area contributed by atoms with Gasteiger partial charge in [-0.3, -0.25) is 4.79 Å². The van der Waals surface area contributed by atoms with Crippen LogP contribution in [0.25, 0.3) is 0 Å². The van der Waals surface area contributed by atoms with Gasteiger partial charge in [-0.15, -0.1) is 0 Å². The van der Waals surface area contributed by atoms with Crippen LogP contribution in [0.3, 0.4) is 0 Å². The van der Waals surface area contributed by atoms with Gasteiger partial charge in [0.05, 0.1) is 17.4 Å². The van der Waals surface area contributed by atoms with Crippen LogP contribution in [-0.2, 0) is 14.6 Å². The molecule has 2 fully saturated rings. The molecule has 2 rings (SSSR count). The lowest BCUT2D eigenvalue weighted by atomic mass is 9.89. The van der Waals surface area contributed by atoms with Crippen LogP contribution < -0.4 is 0 Å². The molecule has 122 valence electrons. The Morgan fingerprint density at radius 3 is 2.57 bits per heavy atom. The Labute approximate surface area is 128 Å². The molecule has 0 saturated carbocycles. The number of likely N-dealkylation sites (tertiary alicyclic amines) is 1. The lowest BCUT2D eigenvalue weighted by molar-refractivity contribution is -0.139. The number of hydrogen-bond donors (Lipinski definition) is 0. The zero-order valence-corrected chi connectivity index (χ0v) is 14.2. The third-order valence-corrected chi connectivity index (χ3v) is 6.49. The van der Waals surface area contributed by atoms with Crippen molar-refractivity contribution in [1.29, 1.82) is 0 Å². The first kappa shape index (κ1) is 16.7. The molecule has 3 atom stereocenters. The molecule has 0 aliphatic carbocycles. The van der Waals surface area contributed by atoms with Gasteiger partial charge in [0, 0.05) is 19.1 Å². The van der Waals surface area contributed by atoms with E-state index in [2.05, 4.69) is 25.9 Å². The van der Waals surface area contributed by atoms with Crippen LogP contribution >= 0.6 is 0 Å². The number of rotatable bonds is 4. The van der Waals surface area contributed by atoms with Gasteiger partial charge in [-0.05, 0) is 45.7 Å². The van der Waals surface area contributed by atoms with Gasteiger partial charge in [0.2, 0.25) is 5.91 Å². The summed E-state index contributed by atoms with van der Waals surface area (Å²) in [4.78, 5) is 16.9. The molecule has 21 heavy (non-hydrogen) atoms. The van der Waals surface area contributed by atoms with Crippen LogP contribution in [-0.4, -0.2) is 68.9 Å². The molecule has 0 radical (unpaired) electrons. The number of hydrogen-bond acceptors (Lipinski definition) is 4. The molecule has 0 aromatic carbocycles. The van der Waals surface area contributed by atoms with Crippen molar-refractivity contribution in [1.82, 2.24) is 9.80 Å². The first-order chi connectivity index (χ1) is 9.80. The van der Waals surface area contributed by atoms with Crippen LogP contribution in [0.15, 0.2) is 0 Å². The predicted octanol–water partition coefficient (Wildman–Crippen LogP) is 1.000. The highest BCUT2D eigenvalue weighted by atomic mass is 32.2. The molecule has 3 unspecified atom stereocenters. The van der Waals surface area contributed by atoms with Crippen LogP contribution in [0.2, 0.25) is 0 Å². The van der Waals surface area contributed by atoms with Crippen molar-refractivity contribution in [3.05, 3.63) is 0 Å². The van der Waals surface area contributed by atoms with Gasteiger partial charge in [-0.25, -0.2) is 8.42 Å². The molecule has 2 aliphatic heterocycles. The highest BCUT2D eigenvalue weighted by molar-refractivity contribution is 7.91. The molecule has 0 N–H and O–H groups in total. The second kappa shape index (κ2) is 6.65. The molecule has 2 saturated heterocycles. The standard InChI is InChI=1S/C15H28N2O3S/c1-12(10-16(2)3)14-6-4-5-8-17(14)15(18)13-7-9-21(19,20)11-13/h12-14H,4-11H2,1-3H3. The van der Waals surface area contributed by atoms with Crippen LogP contribution in [0, 0.1) is 11.8 Å². The Morgan fingerprint density at radius 1 is 1.29 bits per heavy atom. The third-order valence-electron chi connectivity index (χ3n) is 4.72. The number of carbonyl (C=O) groups excluding carboxylic acids is 1. The summed E-state index contributed by atoms with van der Waals surface area (Å²) in [5.41, 5.74) is 0. The second-order valence-electron chi connectivity index (χ2n) is 6.93. The fourth-order valence-corrected chi connectivity index (χ4v) is 5.48. The smallest absolute Gasteiger partial charge is 0.226 e. The lowest BCUT2D eigenvalue weighted by Gasteiger charge is -2.41. The normalized spacial score (nSPS) is 30.6. The first-order valence-corrected chi connectivity index (χ1v) is 9.78. The van der Waals surface area contributed by atoms with Crippen molar-refractivity contribution >= 4 is 15.7 Å². The van der Waals surface area contributed by atoms with Crippen LogP contribution in [0.5, 0.6) is 0 Å². The van der Waals surface area contributed by atoms with E-state index in [1.807, 2.05) is 4.90 Å². The Bertz CT molecular complexity index is 475. The summed E-state index contributed by atoms with van der Waals surface area (Å²) >= 11 is 0. The Balaban J connectivity index is 2.06. The van der Waals surface area contributed by atoms with Gasteiger partial charge in [-0.1, -0.05) is 6.92 Å². The number of carbonyl (C=O) groups is 1.